The van der Waals surface area contributed by atoms with E-state index in [1.54, 1.807) is 0 Å². The molecule has 2 rings (SSSR count). The van der Waals surface area contributed by atoms with Crippen molar-refractivity contribution in [2.24, 2.45) is 0 Å². The molecule has 1 aromatic carbocycles. The Morgan fingerprint density at radius 1 is 0.476 bits per heavy atom. The summed E-state index contributed by atoms with van der Waals surface area (Å²) in [5.74, 6) is 1.50. The number of hydrogen-bond donors (Lipinski definition) is 0. The van der Waals surface area contributed by atoms with Crippen LogP contribution in [0.2, 0.25) is 0 Å². The maximum Gasteiger partial charge on any atom is 0.260 e. The van der Waals surface area contributed by atoms with Gasteiger partial charge in [0.1, 0.15) is 12.4 Å². The van der Waals surface area contributed by atoms with Crippen molar-refractivity contribution >= 4 is 0 Å². The molecule has 0 aliphatic heterocycles. The summed E-state index contributed by atoms with van der Waals surface area (Å²) in [6, 6.07) is 11.1. The lowest BCUT2D eigenvalue weighted by Crippen LogP contribution is -2.37. The third-order valence-corrected chi connectivity index (χ3v) is 9.30. The normalized spacial score (nSPS) is 11.5. The van der Waals surface area contributed by atoms with Crippen molar-refractivity contribution in [1.29, 1.82) is 0 Å². The first-order valence-electron chi connectivity index (χ1n) is 19.0. The second kappa shape index (κ2) is 27.0. The molecule has 1 heterocycles. The molecule has 42 heavy (non-hydrogen) atoms. The second-order valence-corrected chi connectivity index (χ2v) is 13.2. The van der Waals surface area contributed by atoms with Gasteiger partial charge in [0, 0.05) is 0 Å². The molecule has 2 heteroatoms. The molecule has 0 spiro atoms. The van der Waals surface area contributed by atoms with Crippen LogP contribution in [0.15, 0.2) is 42.7 Å². The molecule has 0 fully saturated rings. The topological polar surface area (TPSA) is 8.81 Å². The van der Waals surface area contributed by atoms with Crippen molar-refractivity contribution in [2.75, 3.05) is 0 Å². The highest BCUT2D eigenvalue weighted by Gasteiger charge is 2.17. The van der Waals surface area contributed by atoms with E-state index in [1.165, 1.54) is 191 Å². The van der Waals surface area contributed by atoms with E-state index in [0.29, 0.717) is 0 Å². The van der Waals surface area contributed by atoms with Crippen molar-refractivity contribution in [3.05, 3.63) is 54.1 Å². The molecule has 0 bridgehead atoms. The van der Waals surface area contributed by atoms with Gasteiger partial charge < -0.3 is 0 Å². The minimum absolute atomic E-state index is 1.05. The van der Waals surface area contributed by atoms with Gasteiger partial charge in [0.2, 0.25) is 0 Å². The van der Waals surface area contributed by atoms with Crippen LogP contribution in [0.5, 0.6) is 0 Å². The standard InChI is InChI=1S/C40H71N2/c1-3-5-7-9-11-13-15-17-18-20-22-24-26-31-35-42-37-36-41(40(42)38-39-32-28-27-29-33-39)34-30-25-23-21-19-16-14-12-10-8-6-4-2/h27-29,32-33,36-37H,3-26,30-31,34-35,38H2,1-2H3/q+1. The first kappa shape index (κ1) is 36.6. The van der Waals surface area contributed by atoms with Crippen LogP contribution in [0, 0.1) is 0 Å². The number of aromatic nitrogens is 2. The van der Waals surface area contributed by atoms with Gasteiger partial charge in [-0.3, -0.25) is 0 Å². The molecule has 0 unspecified atom stereocenters. The average molecular weight is 580 g/mol. The number of rotatable bonds is 30. The quantitative estimate of drug-likeness (QED) is 0.0643. The molecule has 0 aliphatic rings. The molecule has 0 saturated carbocycles. The van der Waals surface area contributed by atoms with Crippen LogP contribution < -0.4 is 4.57 Å². The maximum absolute atomic E-state index is 2.56. The zero-order valence-corrected chi connectivity index (χ0v) is 28.4. The van der Waals surface area contributed by atoms with Crippen molar-refractivity contribution in [2.45, 2.75) is 200 Å². The highest BCUT2D eigenvalue weighted by atomic mass is 15.1. The molecule has 0 aliphatic carbocycles. The number of imidazole rings is 1. The first-order chi connectivity index (χ1) is 20.8. The highest BCUT2D eigenvalue weighted by molar-refractivity contribution is 5.18. The third-order valence-electron chi connectivity index (χ3n) is 9.30. The fourth-order valence-corrected chi connectivity index (χ4v) is 6.49. The summed E-state index contributed by atoms with van der Waals surface area (Å²) in [5, 5.41) is 0. The first-order valence-corrected chi connectivity index (χ1v) is 19.0. The number of benzene rings is 1. The fraction of sp³-hybridized carbons (Fsp3) is 0.775. The van der Waals surface area contributed by atoms with E-state index in [4.69, 9.17) is 0 Å². The van der Waals surface area contributed by atoms with Crippen LogP contribution in [0.1, 0.15) is 192 Å². The molecule has 1 aromatic heterocycles. The van der Waals surface area contributed by atoms with Gasteiger partial charge in [0.05, 0.1) is 19.5 Å². The Hall–Kier alpha value is -1.57. The zero-order valence-electron chi connectivity index (χ0n) is 28.4. The summed E-state index contributed by atoms with van der Waals surface area (Å²) < 4.78 is 5.13. The Morgan fingerprint density at radius 3 is 1.33 bits per heavy atom. The number of nitrogens with zero attached hydrogens (tertiary/aromatic N) is 2. The molecule has 0 radical (unpaired) electrons. The highest BCUT2D eigenvalue weighted by Crippen LogP contribution is 2.15. The fourth-order valence-electron chi connectivity index (χ4n) is 6.49. The van der Waals surface area contributed by atoms with E-state index >= 15 is 0 Å². The SMILES string of the molecule is CCCCCCCCCCCCCCCC[n+]1ccn(CCCCCCCCCCCCCC)c1Cc1ccccc1. The Morgan fingerprint density at radius 2 is 0.881 bits per heavy atom. The largest absolute Gasteiger partial charge is 0.260 e. The van der Waals surface area contributed by atoms with Crippen LogP contribution in [-0.2, 0) is 19.5 Å². The number of hydrogen-bond acceptors (Lipinski definition) is 0. The molecule has 0 atom stereocenters. The van der Waals surface area contributed by atoms with E-state index in [9.17, 15) is 0 Å². The van der Waals surface area contributed by atoms with Gasteiger partial charge in [0.25, 0.3) is 5.82 Å². The predicted octanol–water partition coefficient (Wildman–Crippen LogP) is 12.5. The van der Waals surface area contributed by atoms with Gasteiger partial charge in [-0.25, -0.2) is 9.13 Å². The molecule has 2 nitrogen and oxygen atoms in total. The number of aryl methyl sites for hydroxylation is 2. The summed E-state index contributed by atoms with van der Waals surface area (Å²) in [6.45, 7) is 6.96. The second-order valence-electron chi connectivity index (χ2n) is 13.2. The molecule has 0 saturated heterocycles. The van der Waals surface area contributed by atoms with E-state index in [-0.39, 0.29) is 0 Å². The van der Waals surface area contributed by atoms with Crippen LogP contribution >= 0.6 is 0 Å². The van der Waals surface area contributed by atoms with E-state index in [1.807, 2.05) is 0 Å². The number of unbranched alkanes of at least 4 members (excludes halogenated alkanes) is 24. The Labute approximate surface area is 263 Å². The van der Waals surface area contributed by atoms with Gasteiger partial charge >= 0.3 is 0 Å². The van der Waals surface area contributed by atoms with Crippen molar-refractivity contribution in [1.82, 2.24) is 4.57 Å². The smallest absolute Gasteiger partial charge is 0.234 e. The van der Waals surface area contributed by atoms with Crippen molar-refractivity contribution in [3.8, 4) is 0 Å². The minimum Gasteiger partial charge on any atom is -0.234 e. The Bertz CT molecular complexity index is 823. The van der Waals surface area contributed by atoms with Crippen LogP contribution in [0.3, 0.4) is 0 Å². The van der Waals surface area contributed by atoms with E-state index in [0.717, 1.165) is 6.42 Å². The van der Waals surface area contributed by atoms with Gasteiger partial charge in [0.15, 0.2) is 0 Å². The molecule has 0 N–H and O–H groups in total. The average Bonchev–Trinajstić information content (AvgIpc) is 3.39. The van der Waals surface area contributed by atoms with Crippen molar-refractivity contribution in [3.63, 3.8) is 0 Å². The monoisotopic (exact) mass is 580 g/mol. The van der Waals surface area contributed by atoms with Gasteiger partial charge in [-0.05, 0) is 31.2 Å². The van der Waals surface area contributed by atoms with Gasteiger partial charge in [-0.1, -0.05) is 185 Å². The molecule has 0 amide bonds. The minimum atomic E-state index is 1.05. The predicted molar refractivity (Wildman–Crippen MR) is 185 cm³/mol. The summed E-state index contributed by atoms with van der Waals surface area (Å²) in [4.78, 5) is 0. The van der Waals surface area contributed by atoms with Crippen LogP contribution in [0.25, 0.3) is 0 Å². The maximum atomic E-state index is 2.56. The molecular formula is C40H71N2+. The summed E-state index contributed by atoms with van der Waals surface area (Å²) >= 11 is 0. The van der Waals surface area contributed by atoms with E-state index < -0.39 is 0 Å². The van der Waals surface area contributed by atoms with Crippen molar-refractivity contribution < 1.29 is 4.57 Å². The van der Waals surface area contributed by atoms with Gasteiger partial charge in [-0.15, -0.1) is 0 Å². The molecular weight excluding hydrogens is 508 g/mol. The zero-order chi connectivity index (χ0) is 29.8. The molecule has 2 aromatic rings. The van der Waals surface area contributed by atoms with E-state index in [2.05, 4.69) is 65.7 Å². The summed E-state index contributed by atoms with van der Waals surface area (Å²) in [6.07, 6.45) is 42.7. The Kier molecular flexibility index (Phi) is 23.6. The third kappa shape index (κ3) is 18.9. The molecule has 240 valence electrons. The van der Waals surface area contributed by atoms with Gasteiger partial charge in [-0.2, -0.15) is 0 Å². The lowest BCUT2D eigenvalue weighted by molar-refractivity contribution is -0.703. The lowest BCUT2D eigenvalue weighted by Gasteiger charge is -2.07. The Balaban J connectivity index is 1.59. The lowest BCUT2D eigenvalue weighted by atomic mass is 10.0. The van der Waals surface area contributed by atoms with Crippen LogP contribution in [-0.4, -0.2) is 4.57 Å². The van der Waals surface area contributed by atoms with Crippen LogP contribution in [0.4, 0.5) is 0 Å². The summed E-state index contributed by atoms with van der Waals surface area (Å²) in [7, 11) is 0. The summed E-state index contributed by atoms with van der Waals surface area (Å²) in [5.41, 5.74) is 1.43.